The van der Waals surface area contributed by atoms with Crippen molar-refractivity contribution in [2.75, 3.05) is 14.2 Å². The van der Waals surface area contributed by atoms with E-state index in [2.05, 4.69) is 0 Å². The highest BCUT2D eigenvalue weighted by Crippen LogP contribution is 2.30. The van der Waals surface area contributed by atoms with Crippen LogP contribution in [0.2, 0.25) is 0 Å². The fourth-order valence-corrected chi connectivity index (χ4v) is 1.24. The molecule has 0 aliphatic rings. The molecule has 0 aliphatic carbocycles. The van der Waals surface area contributed by atoms with Crippen LogP contribution < -0.4 is 15.2 Å². The normalized spacial score (nSPS) is 11.9. The van der Waals surface area contributed by atoms with E-state index in [4.69, 9.17) is 15.2 Å². The number of hydrogen-bond donors (Lipinski definition) is 1. The molecule has 1 atom stereocenters. The molecule has 0 spiro atoms. The summed E-state index contributed by atoms with van der Waals surface area (Å²) in [5.74, 6) is 0.811. The Morgan fingerprint density at radius 2 is 1.81 bits per heavy atom. The lowest BCUT2D eigenvalue weighted by molar-refractivity contribution is 0.115. The van der Waals surface area contributed by atoms with E-state index in [1.54, 1.807) is 12.1 Å². The third-order valence-corrected chi connectivity index (χ3v) is 2.07. The average Bonchev–Trinajstić information content (AvgIpc) is 2.27. The van der Waals surface area contributed by atoms with E-state index in [1.807, 2.05) is 0 Å². The Morgan fingerprint density at radius 3 is 2.25 bits per heavy atom. The van der Waals surface area contributed by atoms with E-state index in [0.717, 1.165) is 0 Å². The molecular formula is C10H14ClF2NO2. The van der Waals surface area contributed by atoms with Crippen molar-refractivity contribution in [2.24, 2.45) is 5.73 Å². The fraction of sp³-hybridized carbons (Fsp3) is 0.400. The van der Waals surface area contributed by atoms with Crippen molar-refractivity contribution in [1.29, 1.82) is 0 Å². The first-order chi connectivity index (χ1) is 7.10. The third-order valence-electron chi connectivity index (χ3n) is 2.07. The van der Waals surface area contributed by atoms with Crippen LogP contribution in [0.1, 0.15) is 11.6 Å². The molecule has 2 N–H and O–H groups in total. The highest BCUT2D eigenvalue weighted by molar-refractivity contribution is 5.85. The quantitative estimate of drug-likeness (QED) is 0.896. The van der Waals surface area contributed by atoms with E-state index in [0.29, 0.717) is 11.5 Å². The molecule has 6 heteroatoms. The number of rotatable bonds is 4. The summed E-state index contributed by atoms with van der Waals surface area (Å²) >= 11 is 0. The molecule has 0 aromatic heterocycles. The molecule has 1 aromatic rings. The second-order valence-corrected chi connectivity index (χ2v) is 2.97. The number of alkyl halides is 2. The van der Waals surface area contributed by atoms with E-state index in [9.17, 15) is 8.78 Å². The largest absolute Gasteiger partial charge is 0.497 e. The number of nitrogens with two attached hydrogens (primary N) is 1. The summed E-state index contributed by atoms with van der Waals surface area (Å²) in [6.07, 6.45) is -2.63. The predicted octanol–water partition coefficient (Wildman–Crippen LogP) is 2.39. The molecule has 0 saturated heterocycles. The van der Waals surface area contributed by atoms with Crippen molar-refractivity contribution in [3.63, 3.8) is 0 Å². The lowest BCUT2D eigenvalue weighted by atomic mass is 10.1. The minimum absolute atomic E-state index is 0. The molecule has 0 radical (unpaired) electrons. The zero-order valence-electron chi connectivity index (χ0n) is 8.94. The Kier molecular flexibility index (Phi) is 6.06. The maximum absolute atomic E-state index is 12.4. The van der Waals surface area contributed by atoms with Gasteiger partial charge in [0.1, 0.15) is 11.5 Å². The van der Waals surface area contributed by atoms with Crippen LogP contribution >= 0.6 is 12.4 Å². The maximum Gasteiger partial charge on any atom is 0.257 e. The van der Waals surface area contributed by atoms with Gasteiger partial charge in [0.25, 0.3) is 6.43 Å². The topological polar surface area (TPSA) is 44.5 Å². The van der Waals surface area contributed by atoms with Gasteiger partial charge in [0.05, 0.1) is 20.3 Å². The molecule has 0 heterocycles. The molecule has 3 nitrogen and oxygen atoms in total. The summed E-state index contributed by atoms with van der Waals surface area (Å²) in [5.41, 5.74) is 5.59. The van der Waals surface area contributed by atoms with Gasteiger partial charge in [-0.15, -0.1) is 12.4 Å². The van der Waals surface area contributed by atoms with E-state index < -0.39 is 12.5 Å². The van der Waals surface area contributed by atoms with Crippen molar-refractivity contribution in [1.82, 2.24) is 0 Å². The van der Waals surface area contributed by atoms with Crippen LogP contribution in [0.4, 0.5) is 8.78 Å². The molecule has 0 fully saturated rings. The summed E-state index contributed by atoms with van der Waals surface area (Å²) in [5, 5.41) is 0. The SMILES string of the molecule is COc1ccc(OC)c([C@@H](N)C(F)F)c1.Cl. The van der Waals surface area contributed by atoms with Crippen LogP contribution in [-0.2, 0) is 0 Å². The van der Waals surface area contributed by atoms with Crippen LogP contribution in [0.25, 0.3) is 0 Å². The van der Waals surface area contributed by atoms with Gasteiger partial charge in [-0.3, -0.25) is 0 Å². The van der Waals surface area contributed by atoms with Gasteiger partial charge in [-0.1, -0.05) is 0 Å². The molecular weight excluding hydrogens is 240 g/mol. The average molecular weight is 254 g/mol. The highest BCUT2D eigenvalue weighted by atomic mass is 35.5. The van der Waals surface area contributed by atoms with E-state index >= 15 is 0 Å². The lowest BCUT2D eigenvalue weighted by Gasteiger charge is -2.15. The summed E-state index contributed by atoms with van der Waals surface area (Å²) in [6.45, 7) is 0. The molecule has 16 heavy (non-hydrogen) atoms. The van der Waals surface area contributed by atoms with Crippen LogP contribution in [0.3, 0.4) is 0 Å². The predicted molar refractivity (Wildman–Crippen MR) is 59.7 cm³/mol. The van der Waals surface area contributed by atoms with Gasteiger partial charge < -0.3 is 15.2 Å². The Hall–Kier alpha value is -1.07. The van der Waals surface area contributed by atoms with Crippen molar-refractivity contribution in [3.8, 4) is 11.5 Å². The summed E-state index contributed by atoms with van der Waals surface area (Å²) in [4.78, 5) is 0. The van der Waals surface area contributed by atoms with Gasteiger partial charge in [-0.05, 0) is 18.2 Å². The summed E-state index contributed by atoms with van der Waals surface area (Å²) in [7, 11) is 2.86. The molecule has 0 amide bonds. The Labute approximate surface area is 98.9 Å². The highest BCUT2D eigenvalue weighted by Gasteiger charge is 2.21. The van der Waals surface area contributed by atoms with Crippen LogP contribution in [0.15, 0.2) is 18.2 Å². The van der Waals surface area contributed by atoms with Gasteiger partial charge in [0, 0.05) is 5.56 Å². The van der Waals surface area contributed by atoms with Crippen LogP contribution in [0.5, 0.6) is 11.5 Å². The molecule has 0 bridgehead atoms. The van der Waals surface area contributed by atoms with Gasteiger partial charge in [-0.2, -0.15) is 0 Å². The molecule has 0 aliphatic heterocycles. The Morgan fingerprint density at radius 1 is 1.19 bits per heavy atom. The smallest absolute Gasteiger partial charge is 0.257 e. The minimum Gasteiger partial charge on any atom is -0.497 e. The van der Waals surface area contributed by atoms with Crippen molar-refractivity contribution < 1.29 is 18.3 Å². The van der Waals surface area contributed by atoms with Gasteiger partial charge in [-0.25, -0.2) is 8.78 Å². The Bertz CT molecular complexity index is 337. The summed E-state index contributed by atoms with van der Waals surface area (Å²) < 4.78 is 34.8. The van der Waals surface area contributed by atoms with E-state index in [-0.39, 0.29) is 18.0 Å². The number of benzene rings is 1. The lowest BCUT2D eigenvalue weighted by Crippen LogP contribution is -2.19. The minimum atomic E-state index is -2.63. The zero-order chi connectivity index (χ0) is 11.4. The fourth-order valence-electron chi connectivity index (χ4n) is 1.24. The first-order valence-corrected chi connectivity index (χ1v) is 4.35. The molecule has 0 unspecified atom stereocenters. The van der Waals surface area contributed by atoms with Crippen molar-refractivity contribution >= 4 is 12.4 Å². The van der Waals surface area contributed by atoms with Crippen molar-refractivity contribution in [3.05, 3.63) is 23.8 Å². The van der Waals surface area contributed by atoms with Crippen LogP contribution in [0, 0.1) is 0 Å². The number of halogens is 3. The molecule has 1 rings (SSSR count). The molecule has 1 aromatic carbocycles. The van der Waals surface area contributed by atoms with Gasteiger partial charge in [0.15, 0.2) is 0 Å². The zero-order valence-corrected chi connectivity index (χ0v) is 9.76. The van der Waals surface area contributed by atoms with Gasteiger partial charge >= 0.3 is 0 Å². The third kappa shape index (κ3) is 3.21. The first-order valence-electron chi connectivity index (χ1n) is 4.35. The second-order valence-electron chi connectivity index (χ2n) is 2.97. The number of methoxy groups -OCH3 is 2. The first kappa shape index (κ1) is 14.9. The number of hydrogen-bond acceptors (Lipinski definition) is 3. The number of ether oxygens (including phenoxy) is 2. The maximum atomic E-state index is 12.4. The molecule has 0 saturated carbocycles. The Balaban J connectivity index is 0.00000225. The van der Waals surface area contributed by atoms with Crippen molar-refractivity contribution in [2.45, 2.75) is 12.5 Å². The summed E-state index contributed by atoms with van der Waals surface area (Å²) in [6, 6.07) is 3.27. The second kappa shape index (κ2) is 6.50. The van der Waals surface area contributed by atoms with Crippen LogP contribution in [-0.4, -0.2) is 20.6 Å². The molecule has 92 valence electrons. The van der Waals surface area contributed by atoms with E-state index in [1.165, 1.54) is 20.3 Å². The standard InChI is InChI=1S/C10H13F2NO2.ClH/c1-14-6-3-4-8(15-2)7(5-6)9(13)10(11)12;/h3-5,9-10H,13H2,1-2H3;1H/t9-;/m1./s1. The van der Waals surface area contributed by atoms with Gasteiger partial charge in [0.2, 0.25) is 0 Å². The monoisotopic (exact) mass is 253 g/mol.